The van der Waals surface area contributed by atoms with Gasteiger partial charge in [0.15, 0.2) is 5.11 Å². The highest BCUT2D eigenvalue weighted by atomic mass is 79.9. The number of nitrogens with one attached hydrogen (secondary N) is 1. The normalized spacial score (nSPS) is 14.5. The number of thiocarbonyl (C=S) groups is 1. The highest BCUT2D eigenvalue weighted by molar-refractivity contribution is 9.10. The number of aryl methyl sites for hydroxylation is 1. The number of piperazine rings is 1. The molecule has 0 bridgehead atoms. The predicted octanol–water partition coefficient (Wildman–Crippen LogP) is 6.13. The Morgan fingerprint density at radius 2 is 1.76 bits per heavy atom. The zero-order chi connectivity index (χ0) is 23.5. The van der Waals surface area contributed by atoms with Gasteiger partial charge in [-0.2, -0.15) is 5.10 Å². The van der Waals surface area contributed by atoms with Gasteiger partial charge in [-0.3, -0.25) is 9.58 Å². The molecule has 0 unspecified atom stereocenters. The Labute approximate surface area is 218 Å². The summed E-state index contributed by atoms with van der Waals surface area (Å²) in [7, 11) is 0. The third kappa shape index (κ3) is 5.89. The number of nitrogens with zero attached hydrogens (tertiary/aromatic N) is 4. The molecule has 0 atom stereocenters. The molecule has 174 valence electrons. The van der Waals surface area contributed by atoms with Gasteiger partial charge in [0.05, 0.1) is 23.6 Å². The van der Waals surface area contributed by atoms with Crippen LogP contribution >= 0.6 is 51.3 Å². The SMILES string of the molecule is Cc1nn(Cc2ccc(Cl)cc2Cl)c(C)c1NC(=S)N1CCN(Cc2ccccc2Br)CC1. The van der Waals surface area contributed by atoms with Crippen LogP contribution in [-0.4, -0.2) is 50.9 Å². The van der Waals surface area contributed by atoms with Gasteiger partial charge in [-0.05, 0) is 55.4 Å². The minimum absolute atomic E-state index is 0.574. The van der Waals surface area contributed by atoms with Crippen LogP contribution in [0.15, 0.2) is 46.9 Å². The smallest absolute Gasteiger partial charge is 0.173 e. The molecule has 1 fully saturated rings. The number of rotatable bonds is 5. The second-order valence-corrected chi connectivity index (χ2v) is 10.3. The van der Waals surface area contributed by atoms with E-state index in [1.807, 2.05) is 36.7 Å². The average Bonchev–Trinajstić information content (AvgIpc) is 3.05. The summed E-state index contributed by atoms with van der Waals surface area (Å²) in [6.45, 7) is 9.27. The molecule has 1 aliphatic rings. The van der Waals surface area contributed by atoms with Crippen molar-refractivity contribution >= 4 is 62.1 Å². The molecule has 3 aromatic rings. The Bertz CT molecular complexity index is 1160. The molecule has 0 spiro atoms. The quantitative estimate of drug-likeness (QED) is 0.376. The summed E-state index contributed by atoms with van der Waals surface area (Å²) in [5.41, 5.74) is 5.18. The third-order valence-corrected chi connectivity index (χ3v) is 7.68. The number of aromatic nitrogens is 2. The van der Waals surface area contributed by atoms with Gasteiger partial charge in [-0.25, -0.2) is 0 Å². The van der Waals surface area contributed by atoms with Crippen molar-refractivity contribution in [1.29, 1.82) is 0 Å². The fourth-order valence-corrected chi connectivity index (χ4v) is 5.17. The van der Waals surface area contributed by atoms with E-state index in [1.165, 1.54) is 5.56 Å². The monoisotopic (exact) mass is 565 g/mol. The Morgan fingerprint density at radius 1 is 1.03 bits per heavy atom. The molecule has 1 aromatic heterocycles. The average molecular weight is 567 g/mol. The van der Waals surface area contributed by atoms with Crippen molar-refractivity contribution in [2.75, 3.05) is 31.5 Å². The van der Waals surface area contributed by atoms with Crippen LogP contribution in [0, 0.1) is 13.8 Å². The van der Waals surface area contributed by atoms with Gasteiger partial charge in [0.2, 0.25) is 0 Å². The third-order valence-electron chi connectivity index (χ3n) is 5.96. The molecule has 2 heterocycles. The maximum atomic E-state index is 6.36. The van der Waals surface area contributed by atoms with Crippen LogP contribution in [0.4, 0.5) is 5.69 Å². The molecule has 33 heavy (non-hydrogen) atoms. The van der Waals surface area contributed by atoms with E-state index >= 15 is 0 Å². The standard InChI is InChI=1S/C24H26BrCl2N5S/c1-16-23(17(2)32(29-16)15-19-7-8-20(26)13-22(19)27)28-24(33)31-11-9-30(10-12-31)14-18-5-3-4-6-21(18)25/h3-8,13H,9-12,14-15H2,1-2H3,(H,28,33). The number of halogens is 3. The summed E-state index contributed by atoms with van der Waals surface area (Å²) in [5, 5.41) is 10.2. The second-order valence-electron chi connectivity index (χ2n) is 8.22. The molecule has 2 aromatic carbocycles. The molecule has 0 aliphatic carbocycles. The van der Waals surface area contributed by atoms with Crippen molar-refractivity contribution in [2.24, 2.45) is 0 Å². The van der Waals surface area contributed by atoms with Gasteiger partial charge < -0.3 is 10.2 Å². The van der Waals surface area contributed by atoms with E-state index in [1.54, 1.807) is 6.07 Å². The first-order valence-corrected chi connectivity index (χ1v) is 12.8. The number of hydrogen-bond acceptors (Lipinski definition) is 3. The largest absolute Gasteiger partial charge is 0.346 e. The van der Waals surface area contributed by atoms with Crippen molar-refractivity contribution < 1.29 is 0 Å². The lowest BCUT2D eigenvalue weighted by molar-refractivity contribution is 0.176. The first-order valence-electron chi connectivity index (χ1n) is 10.8. The lowest BCUT2D eigenvalue weighted by atomic mass is 10.2. The highest BCUT2D eigenvalue weighted by Crippen LogP contribution is 2.25. The Balaban J connectivity index is 1.36. The molecular weight excluding hydrogens is 541 g/mol. The van der Waals surface area contributed by atoms with Gasteiger partial charge in [-0.15, -0.1) is 0 Å². The van der Waals surface area contributed by atoms with Crippen molar-refractivity contribution in [3.63, 3.8) is 0 Å². The lowest BCUT2D eigenvalue weighted by Crippen LogP contribution is -2.49. The van der Waals surface area contributed by atoms with Crippen molar-refractivity contribution in [1.82, 2.24) is 19.6 Å². The molecule has 0 amide bonds. The summed E-state index contributed by atoms with van der Waals surface area (Å²) < 4.78 is 3.11. The van der Waals surface area contributed by atoms with Gasteiger partial charge in [0, 0.05) is 47.2 Å². The van der Waals surface area contributed by atoms with Crippen LogP contribution in [0.25, 0.3) is 0 Å². The minimum atomic E-state index is 0.574. The highest BCUT2D eigenvalue weighted by Gasteiger charge is 2.21. The Kier molecular flexibility index (Phi) is 7.97. The van der Waals surface area contributed by atoms with Gasteiger partial charge in [-0.1, -0.05) is 63.4 Å². The molecule has 0 saturated carbocycles. The first-order chi connectivity index (χ1) is 15.8. The zero-order valence-electron chi connectivity index (χ0n) is 18.6. The maximum absolute atomic E-state index is 6.36. The number of benzene rings is 2. The zero-order valence-corrected chi connectivity index (χ0v) is 22.5. The van der Waals surface area contributed by atoms with Crippen molar-refractivity contribution in [3.8, 4) is 0 Å². The topological polar surface area (TPSA) is 36.3 Å². The fourth-order valence-electron chi connectivity index (χ4n) is 4.01. The predicted molar refractivity (Wildman–Crippen MR) is 144 cm³/mol. The Morgan fingerprint density at radius 3 is 2.45 bits per heavy atom. The number of anilines is 1. The van der Waals surface area contributed by atoms with Crippen LogP contribution in [-0.2, 0) is 13.1 Å². The van der Waals surface area contributed by atoms with E-state index in [4.69, 9.17) is 40.5 Å². The summed E-state index contributed by atoms with van der Waals surface area (Å²) in [4.78, 5) is 4.70. The van der Waals surface area contributed by atoms with Crippen molar-refractivity contribution in [3.05, 3.63) is 79.5 Å². The van der Waals surface area contributed by atoms with E-state index < -0.39 is 0 Å². The summed E-state index contributed by atoms with van der Waals surface area (Å²) in [6, 6.07) is 13.9. The minimum Gasteiger partial charge on any atom is -0.346 e. The molecule has 0 radical (unpaired) electrons. The fraction of sp³-hybridized carbons (Fsp3) is 0.333. The molecule has 5 nitrogen and oxygen atoms in total. The molecule has 9 heteroatoms. The van der Waals surface area contributed by atoms with Crippen LogP contribution in [0.2, 0.25) is 10.0 Å². The van der Waals surface area contributed by atoms with E-state index in [9.17, 15) is 0 Å². The van der Waals surface area contributed by atoms with E-state index in [2.05, 4.69) is 49.2 Å². The lowest BCUT2D eigenvalue weighted by Gasteiger charge is -2.36. The van der Waals surface area contributed by atoms with Crippen LogP contribution in [0.1, 0.15) is 22.5 Å². The van der Waals surface area contributed by atoms with Gasteiger partial charge in [0.25, 0.3) is 0 Å². The molecule has 4 rings (SSSR count). The summed E-state index contributed by atoms with van der Waals surface area (Å²) in [6.07, 6.45) is 0. The second kappa shape index (κ2) is 10.7. The summed E-state index contributed by atoms with van der Waals surface area (Å²) in [5.74, 6) is 0. The molecule has 1 saturated heterocycles. The van der Waals surface area contributed by atoms with E-state index in [0.717, 1.165) is 64.9 Å². The van der Waals surface area contributed by atoms with E-state index in [0.29, 0.717) is 16.6 Å². The molecular formula is C24H26BrCl2N5S. The van der Waals surface area contributed by atoms with Gasteiger partial charge in [0.1, 0.15) is 0 Å². The van der Waals surface area contributed by atoms with Gasteiger partial charge >= 0.3 is 0 Å². The van der Waals surface area contributed by atoms with E-state index in [-0.39, 0.29) is 0 Å². The van der Waals surface area contributed by atoms with Crippen LogP contribution in [0.5, 0.6) is 0 Å². The van der Waals surface area contributed by atoms with Crippen molar-refractivity contribution in [2.45, 2.75) is 26.9 Å². The Hall–Kier alpha value is -1.64. The van der Waals surface area contributed by atoms with Crippen LogP contribution < -0.4 is 5.32 Å². The molecule has 1 N–H and O–H groups in total. The number of hydrogen-bond donors (Lipinski definition) is 1. The first kappa shape index (κ1) is 24.5. The maximum Gasteiger partial charge on any atom is 0.173 e. The van der Waals surface area contributed by atoms with Crippen LogP contribution in [0.3, 0.4) is 0 Å². The summed E-state index contributed by atoms with van der Waals surface area (Å²) >= 11 is 21.8. The molecule has 1 aliphatic heterocycles.